The van der Waals surface area contributed by atoms with E-state index < -0.39 is 11.7 Å². The SMILES string of the molecule is O=C(CN1CC[C@@]2(CCCO2)[C@@H](O)C1)Nc1ncc(Cc2ccc(F)cc2)s1. The Morgan fingerprint density at radius 3 is 2.93 bits per heavy atom. The first-order valence-electron chi connectivity index (χ1n) is 9.56. The highest BCUT2D eigenvalue weighted by Gasteiger charge is 2.45. The molecule has 8 heteroatoms. The first-order chi connectivity index (χ1) is 13.5. The van der Waals surface area contributed by atoms with E-state index in [0.717, 1.165) is 36.2 Å². The van der Waals surface area contributed by atoms with Gasteiger partial charge in [-0.1, -0.05) is 12.1 Å². The number of piperidine rings is 1. The van der Waals surface area contributed by atoms with E-state index in [0.29, 0.717) is 24.7 Å². The third-order valence-corrected chi connectivity index (χ3v) is 6.39. The third-order valence-electron chi connectivity index (χ3n) is 5.48. The molecular weight excluding hydrogens is 381 g/mol. The molecule has 2 atom stereocenters. The maximum absolute atomic E-state index is 13.0. The molecule has 0 radical (unpaired) electrons. The van der Waals surface area contributed by atoms with E-state index in [1.54, 1.807) is 18.3 Å². The number of halogens is 1. The van der Waals surface area contributed by atoms with Gasteiger partial charge in [0.25, 0.3) is 0 Å². The number of amides is 1. The number of aliphatic hydroxyl groups is 1. The second kappa shape index (κ2) is 8.24. The number of hydrogen-bond acceptors (Lipinski definition) is 6. The topological polar surface area (TPSA) is 74.7 Å². The predicted molar refractivity (Wildman–Crippen MR) is 105 cm³/mol. The third kappa shape index (κ3) is 4.41. The zero-order valence-corrected chi connectivity index (χ0v) is 16.4. The van der Waals surface area contributed by atoms with Gasteiger partial charge in [-0.25, -0.2) is 9.37 Å². The van der Waals surface area contributed by atoms with E-state index in [9.17, 15) is 14.3 Å². The van der Waals surface area contributed by atoms with Crippen LogP contribution < -0.4 is 5.32 Å². The molecule has 2 saturated heterocycles. The summed E-state index contributed by atoms with van der Waals surface area (Å²) in [4.78, 5) is 19.6. The number of thiazole rings is 1. The van der Waals surface area contributed by atoms with Crippen LogP contribution in [0.1, 0.15) is 29.7 Å². The fourth-order valence-corrected chi connectivity index (χ4v) is 4.81. The van der Waals surface area contributed by atoms with E-state index in [1.807, 2.05) is 4.90 Å². The van der Waals surface area contributed by atoms with Gasteiger partial charge in [-0.2, -0.15) is 0 Å². The quantitative estimate of drug-likeness (QED) is 0.799. The number of anilines is 1. The lowest BCUT2D eigenvalue weighted by molar-refractivity contribution is -0.135. The van der Waals surface area contributed by atoms with Crippen molar-refractivity contribution in [1.82, 2.24) is 9.88 Å². The summed E-state index contributed by atoms with van der Waals surface area (Å²) in [6.45, 7) is 2.11. The number of carbonyl (C=O) groups is 1. The number of rotatable bonds is 5. The number of aromatic nitrogens is 1. The Balaban J connectivity index is 1.27. The molecule has 2 aliphatic rings. The fraction of sp³-hybridized carbons (Fsp3) is 0.500. The van der Waals surface area contributed by atoms with Gasteiger partial charge in [-0.05, 0) is 37.0 Å². The van der Waals surface area contributed by atoms with Crippen molar-refractivity contribution >= 4 is 22.4 Å². The van der Waals surface area contributed by atoms with Gasteiger partial charge in [0.1, 0.15) is 5.82 Å². The predicted octanol–water partition coefficient (Wildman–Crippen LogP) is 2.43. The van der Waals surface area contributed by atoms with Crippen LogP contribution in [-0.4, -0.2) is 58.8 Å². The normalized spacial score (nSPS) is 25.3. The zero-order chi connectivity index (χ0) is 19.6. The summed E-state index contributed by atoms with van der Waals surface area (Å²) in [5.41, 5.74) is 0.589. The van der Waals surface area contributed by atoms with Gasteiger partial charge in [0, 0.05) is 37.2 Å². The van der Waals surface area contributed by atoms with E-state index in [1.165, 1.54) is 23.5 Å². The van der Waals surface area contributed by atoms with E-state index in [-0.39, 0.29) is 18.3 Å². The van der Waals surface area contributed by atoms with Gasteiger partial charge < -0.3 is 15.2 Å². The lowest BCUT2D eigenvalue weighted by atomic mass is 9.86. The molecule has 0 bridgehead atoms. The summed E-state index contributed by atoms with van der Waals surface area (Å²) >= 11 is 1.41. The van der Waals surface area contributed by atoms with Crippen LogP contribution in [0.3, 0.4) is 0 Å². The second-order valence-corrected chi connectivity index (χ2v) is 8.62. The molecule has 1 spiro atoms. The number of aliphatic hydroxyl groups excluding tert-OH is 1. The Labute approximate surface area is 167 Å². The molecule has 1 aromatic carbocycles. The molecule has 4 rings (SSSR count). The number of benzene rings is 1. The largest absolute Gasteiger partial charge is 0.389 e. The van der Waals surface area contributed by atoms with Crippen LogP contribution >= 0.6 is 11.3 Å². The molecule has 3 heterocycles. The van der Waals surface area contributed by atoms with Crippen LogP contribution in [0.25, 0.3) is 0 Å². The monoisotopic (exact) mass is 405 g/mol. The highest BCUT2D eigenvalue weighted by molar-refractivity contribution is 7.15. The van der Waals surface area contributed by atoms with Crippen molar-refractivity contribution in [3.05, 3.63) is 46.7 Å². The molecule has 1 amide bonds. The standard InChI is InChI=1S/C20H24FN3O3S/c21-15-4-2-14(3-5-15)10-16-11-22-19(28-16)23-18(26)13-24-8-7-20(17(25)12-24)6-1-9-27-20/h2-5,11,17,25H,1,6-10,12-13H2,(H,22,23,26)/t17-,20-/m0/s1. The summed E-state index contributed by atoms with van der Waals surface area (Å²) in [6.07, 6.45) is 4.45. The maximum Gasteiger partial charge on any atom is 0.240 e. The molecule has 0 saturated carbocycles. The van der Waals surface area contributed by atoms with Crippen LogP contribution in [0, 0.1) is 5.82 Å². The van der Waals surface area contributed by atoms with Gasteiger partial charge in [0.05, 0.1) is 18.2 Å². The molecule has 1 aromatic heterocycles. The number of β-amino-alcohol motifs (C(OH)–C–C–N with tert-alkyl or cyclic N) is 1. The van der Waals surface area contributed by atoms with Gasteiger partial charge in [-0.3, -0.25) is 9.69 Å². The van der Waals surface area contributed by atoms with Crippen LogP contribution in [0.5, 0.6) is 0 Å². The Hall–Kier alpha value is -1.87. The molecule has 2 aromatic rings. The van der Waals surface area contributed by atoms with Crippen molar-refractivity contribution < 1.29 is 19.0 Å². The van der Waals surface area contributed by atoms with E-state index >= 15 is 0 Å². The molecular formula is C20H24FN3O3S. The summed E-state index contributed by atoms with van der Waals surface area (Å²) in [5, 5.41) is 13.8. The van der Waals surface area contributed by atoms with Gasteiger partial charge in [0.2, 0.25) is 5.91 Å². The van der Waals surface area contributed by atoms with Gasteiger partial charge in [0.15, 0.2) is 5.13 Å². The summed E-state index contributed by atoms with van der Waals surface area (Å²) < 4.78 is 18.8. The smallest absolute Gasteiger partial charge is 0.240 e. The lowest BCUT2D eigenvalue weighted by Crippen LogP contribution is -2.56. The van der Waals surface area contributed by atoms with Crippen LogP contribution in [-0.2, 0) is 16.0 Å². The molecule has 28 heavy (non-hydrogen) atoms. The summed E-state index contributed by atoms with van der Waals surface area (Å²) in [7, 11) is 0. The average molecular weight is 405 g/mol. The highest BCUT2D eigenvalue weighted by Crippen LogP contribution is 2.35. The average Bonchev–Trinajstić information content (AvgIpc) is 3.31. The van der Waals surface area contributed by atoms with Crippen molar-refractivity contribution in [3.63, 3.8) is 0 Å². The van der Waals surface area contributed by atoms with E-state index in [2.05, 4.69) is 10.3 Å². The first kappa shape index (κ1) is 19.4. The molecule has 0 unspecified atom stereocenters. The highest BCUT2D eigenvalue weighted by atomic mass is 32.1. The maximum atomic E-state index is 13.0. The van der Waals surface area contributed by atoms with Crippen LogP contribution in [0.4, 0.5) is 9.52 Å². The summed E-state index contributed by atoms with van der Waals surface area (Å²) in [5.74, 6) is -0.396. The number of ether oxygens (including phenoxy) is 1. The van der Waals surface area contributed by atoms with Crippen LogP contribution in [0.15, 0.2) is 30.5 Å². The molecule has 0 aliphatic carbocycles. The Kier molecular flexibility index (Phi) is 5.73. The number of carbonyl (C=O) groups excluding carboxylic acids is 1. The number of nitrogens with zero attached hydrogens (tertiary/aromatic N) is 2. The van der Waals surface area contributed by atoms with Crippen molar-refractivity contribution in [2.75, 3.05) is 31.6 Å². The van der Waals surface area contributed by atoms with Crippen molar-refractivity contribution in [3.8, 4) is 0 Å². The minimum Gasteiger partial charge on any atom is -0.389 e. The minimum absolute atomic E-state index is 0.141. The fourth-order valence-electron chi connectivity index (χ4n) is 3.95. The molecule has 6 nitrogen and oxygen atoms in total. The van der Waals surface area contributed by atoms with E-state index in [4.69, 9.17) is 4.74 Å². The Morgan fingerprint density at radius 2 is 2.21 bits per heavy atom. The number of likely N-dealkylation sites (tertiary alicyclic amines) is 1. The Morgan fingerprint density at radius 1 is 1.39 bits per heavy atom. The van der Waals surface area contributed by atoms with Crippen molar-refractivity contribution in [2.45, 2.75) is 37.4 Å². The lowest BCUT2D eigenvalue weighted by Gasteiger charge is -2.42. The van der Waals surface area contributed by atoms with Gasteiger partial charge in [-0.15, -0.1) is 11.3 Å². The Bertz CT molecular complexity index is 820. The van der Waals surface area contributed by atoms with Gasteiger partial charge >= 0.3 is 0 Å². The molecule has 2 fully saturated rings. The minimum atomic E-state index is -0.557. The van der Waals surface area contributed by atoms with Crippen molar-refractivity contribution in [1.29, 1.82) is 0 Å². The molecule has 150 valence electrons. The molecule has 2 N–H and O–H groups in total. The molecule has 2 aliphatic heterocycles. The zero-order valence-electron chi connectivity index (χ0n) is 15.6. The number of nitrogens with one attached hydrogen (secondary N) is 1. The second-order valence-electron chi connectivity index (χ2n) is 7.50. The first-order valence-corrected chi connectivity index (χ1v) is 10.4. The van der Waals surface area contributed by atoms with Crippen molar-refractivity contribution in [2.24, 2.45) is 0 Å². The van der Waals surface area contributed by atoms with Crippen LogP contribution in [0.2, 0.25) is 0 Å². The summed E-state index contributed by atoms with van der Waals surface area (Å²) in [6, 6.07) is 6.37. The number of hydrogen-bond donors (Lipinski definition) is 2.